The molecule has 1 unspecified atom stereocenters. The van der Waals surface area contributed by atoms with Crippen LogP contribution in [0, 0.1) is 5.92 Å². The zero-order valence-electron chi connectivity index (χ0n) is 10.2. The predicted octanol–water partition coefficient (Wildman–Crippen LogP) is 2.33. The average molecular weight is 301 g/mol. The molecule has 0 saturated carbocycles. The van der Waals surface area contributed by atoms with E-state index in [1.165, 1.54) is 0 Å². The van der Waals surface area contributed by atoms with Gasteiger partial charge in [0.15, 0.2) is 0 Å². The molecule has 0 aliphatic carbocycles. The Hall–Kier alpha value is -1.26. The van der Waals surface area contributed by atoms with Gasteiger partial charge in [-0.25, -0.2) is 0 Å². The Morgan fingerprint density at radius 1 is 1.32 bits per heavy atom. The molecule has 0 aromatic heterocycles. The van der Waals surface area contributed by atoms with Crippen molar-refractivity contribution in [1.82, 2.24) is 4.90 Å². The fourth-order valence-corrected chi connectivity index (χ4v) is 2.60. The molecule has 4 nitrogen and oxygen atoms in total. The molecule has 1 heterocycles. The molecule has 2 amide bonds. The fourth-order valence-electron chi connectivity index (χ4n) is 2.23. The molecule has 2 N–H and O–H groups in total. The maximum absolute atomic E-state index is 12.4. The van der Waals surface area contributed by atoms with Crippen LogP contribution < -0.4 is 5.73 Å². The van der Waals surface area contributed by atoms with E-state index < -0.39 is 0 Å². The number of hydrogen-bond donors (Lipinski definition) is 1. The van der Waals surface area contributed by atoms with E-state index >= 15 is 0 Å². The first kappa shape index (κ1) is 14.2. The van der Waals surface area contributed by atoms with Gasteiger partial charge >= 0.3 is 0 Å². The number of benzene rings is 1. The van der Waals surface area contributed by atoms with Crippen LogP contribution >= 0.6 is 23.2 Å². The zero-order chi connectivity index (χ0) is 14.0. The van der Waals surface area contributed by atoms with Crippen LogP contribution in [-0.2, 0) is 4.79 Å². The number of rotatable bonds is 2. The van der Waals surface area contributed by atoms with E-state index in [0.717, 1.165) is 12.8 Å². The van der Waals surface area contributed by atoms with Gasteiger partial charge in [0.05, 0.1) is 16.5 Å². The Labute approximate surface area is 121 Å². The lowest BCUT2D eigenvalue weighted by Crippen LogP contribution is -2.44. The van der Waals surface area contributed by atoms with Crippen LogP contribution in [0.5, 0.6) is 0 Å². The Kier molecular flexibility index (Phi) is 4.32. The summed E-state index contributed by atoms with van der Waals surface area (Å²) in [6.45, 7) is 0.947. The summed E-state index contributed by atoms with van der Waals surface area (Å²) in [5, 5.41) is 0.812. The quantitative estimate of drug-likeness (QED) is 0.911. The molecule has 102 valence electrons. The van der Waals surface area contributed by atoms with E-state index in [4.69, 9.17) is 28.9 Å². The van der Waals surface area contributed by atoms with E-state index in [1.54, 1.807) is 23.1 Å². The van der Waals surface area contributed by atoms with E-state index in [9.17, 15) is 9.59 Å². The maximum atomic E-state index is 12.4. The van der Waals surface area contributed by atoms with Crippen molar-refractivity contribution in [2.75, 3.05) is 13.1 Å². The molecule has 1 aromatic carbocycles. The zero-order valence-corrected chi connectivity index (χ0v) is 11.7. The van der Waals surface area contributed by atoms with Crippen LogP contribution in [0.15, 0.2) is 18.2 Å². The summed E-state index contributed by atoms with van der Waals surface area (Å²) in [5.74, 6) is -0.858. The van der Waals surface area contributed by atoms with Gasteiger partial charge in [-0.15, -0.1) is 0 Å². The summed E-state index contributed by atoms with van der Waals surface area (Å²) in [5.41, 5.74) is 5.66. The highest BCUT2D eigenvalue weighted by Crippen LogP contribution is 2.24. The van der Waals surface area contributed by atoms with Gasteiger partial charge in [0.1, 0.15) is 0 Å². The third-order valence-corrected chi connectivity index (χ3v) is 3.83. The summed E-state index contributed by atoms with van der Waals surface area (Å²) in [4.78, 5) is 25.2. The molecule has 1 aliphatic rings. The van der Waals surface area contributed by atoms with E-state index in [1.807, 2.05) is 0 Å². The number of primary amides is 1. The number of nitrogens with zero attached hydrogens (tertiary/aromatic N) is 1. The second kappa shape index (κ2) is 5.80. The van der Waals surface area contributed by atoms with Crippen molar-refractivity contribution < 1.29 is 9.59 Å². The summed E-state index contributed by atoms with van der Waals surface area (Å²) < 4.78 is 0. The van der Waals surface area contributed by atoms with Gasteiger partial charge in [0.2, 0.25) is 5.91 Å². The Morgan fingerprint density at radius 2 is 2.05 bits per heavy atom. The van der Waals surface area contributed by atoms with Crippen LogP contribution in [0.1, 0.15) is 23.2 Å². The van der Waals surface area contributed by atoms with Gasteiger partial charge in [0, 0.05) is 18.1 Å². The number of hydrogen-bond acceptors (Lipinski definition) is 2. The monoisotopic (exact) mass is 300 g/mol. The van der Waals surface area contributed by atoms with Crippen molar-refractivity contribution in [3.63, 3.8) is 0 Å². The summed E-state index contributed by atoms with van der Waals surface area (Å²) in [6, 6.07) is 4.76. The third-order valence-electron chi connectivity index (χ3n) is 3.27. The smallest absolute Gasteiger partial charge is 0.255 e. The minimum absolute atomic E-state index is 0.210. The third kappa shape index (κ3) is 3.19. The largest absolute Gasteiger partial charge is 0.369 e. The van der Waals surface area contributed by atoms with Gasteiger partial charge in [-0.3, -0.25) is 9.59 Å². The number of halogens is 2. The first-order chi connectivity index (χ1) is 8.99. The van der Waals surface area contributed by atoms with E-state index in [2.05, 4.69) is 0 Å². The van der Waals surface area contributed by atoms with Gasteiger partial charge < -0.3 is 10.6 Å². The molecule has 1 fully saturated rings. The highest BCUT2D eigenvalue weighted by molar-refractivity contribution is 6.35. The molecule has 0 bridgehead atoms. The molecule has 1 atom stereocenters. The molecular weight excluding hydrogens is 287 g/mol. The second-order valence-corrected chi connectivity index (χ2v) is 5.46. The summed E-state index contributed by atoms with van der Waals surface area (Å²) in [6.07, 6.45) is 1.49. The number of likely N-dealkylation sites (tertiary alicyclic amines) is 1. The first-order valence-corrected chi connectivity index (χ1v) is 6.78. The lowest BCUT2D eigenvalue weighted by Gasteiger charge is -2.31. The van der Waals surface area contributed by atoms with Crippen molar-refractivity contribution >= 4 is 35.0 Å². The molecule has 0 spiro atoms. The number of piperidine rings is 1. The van der Waals surface area contributed by atoms with Crippen LogP contribution in [0.3, 0.4) is 0 Å². The lowest BCUT2D eigenvalue weighted by atomic mass is 9.97. The number of carbonyl (C=O) groups excluding carboxylic acids is 2. The second-order valence-electron chi connectivity index (χ2n) is 4.62. The van der Waals surface area contributed by atoms with Crippen molar-refractivity contribution in [3.05, 3.63) is 33.8 Å². The first-order valence-electron chi connectivity index (χ1n) is 6.02. The predicted molar refractivity (Wildman–Crippen MR) is 74.3 cm³/mol. The van der Waals surface area contributed by atoms with Gasteiger partial charge in [-0.2, -0.15) is 0 Å². The molecular formula is C13H14Cl2N2O2. The molecule has 0 radical (unpaired) electrons. The van der Waals surface area contributed by atoms with Crippen molar-refractivity contribution in [2.45, 2.75) is 12.8 Å². The van der Waals surface area contributed by atoms with Gasteiger partial charge in [-0.05, 0) is 31.0 Å². The standard InChI is InChI=1S/C13H14Cl2N2O2/c14-9-3-4-11(15)10(6-9)13(19)17-5-1-2-8(7-17)12(16)18/h3-4,6,8H,1-2,5,7H2,(H2,16,18). The Morgan fingerprint density at radius 3 is 2.74 bits per heavy atom. The van der Waals surface area contributed by atoms with Crippen molar-refractivity contribution in [2.24, 2.45) is 11.7 Å². The van der Waals surface area contributed by atoms with Gasteiger partial charge in [0.25, 0.3) is 5.91 Å². The number of nitrogens with two attached hydrogens (primary N) is 1. The summed E-state index contributed by atoms with van der Waals surface area (Å²) >= 11 is 11.9. The number of amides is 2. The minimum atomic E-state index is -0.366. The molecule has 1 aliphatic heterocycles. The normalized spacial score (nSPS) is 19.3. The maximum Gasteiger partial charge on any atom is 0.255 e. The highest BCUT2D eigenvalue weighted by Gasteiger charge is 2.28. The van der Waals surface area contributed by atoms with E-state index in [-0.39, 0.29) is 17.7 Å². The van der Waals surface area contributed by atoms with E-state index in [0.29, 0.717) is 28.7 Å². The van der Waals surface area contributed by atoms with Gasteiger partial charge in [-0.1, -0.05) is 23.2 Å². The molecule has 1 saturated heterocycles. The average Bonchev–Trinajstić information content (AvgIpc) is 2.41. The SMILES string of the molecule is NC(=O)C1CCCN(C(=O)c2cc(Cl)ccc2Cl)C1. The summed E-state index contributed by atoms with van der Waals surface area (Å²) in [7, 11) is 0. The fraction of sp³-hybridized carbons (Fsp3) is 0.385. The molecule has 19 heavy (non-hydrogen) atoms. The molecule has 2 rings (SSSR count). The highest BCUT2D eigenvalue weighted by atomic mass is 35.5. The lowest BCUT2D eigenvalue weighted by molar-refractivity contribution is -0.123. The topological polar surface area (TPSA) is 63.4 Å². The number of carbonyl (C=O) groups is 2. The van der Waals surface area contributed by atoms with Crippen LogP contribution in [0.25, 0.3) is 0 Å². The Balaban J connectivity index is 2.19. The van der Waals surface area contributed by atoms with Crippen molar-refractivity contribution in [3.8, 4) is 0 Å². The molecule has 6 heteroatoms. The van der Waals surface area contributed by atoms with Crippen LogP contribution in [0.2, 0.25) is 10.0 Å². The minimum Gasteiger partial charge on any atom is -0.369 e. The Bertz CT molecular complexity index is 519. The van der Waals surface area contributed by atoms with Crippen molar-refractivity contribution in [1.29, 1.82) is 0 Å². The molecule has 1 aromatic rings. The van der Waals surface area contributed by atoms with Crippen LogP contribution in [0.4, 0.5) is 0 Å². The van der Waals surface area contributed by atoms with Crippen LogP contribution in [-0.4, -0.2) is 29.8 Å².